The first-order valence-electron chi connectivity index (χ1n) is 9.37. The molecular formula is C23H23N3OS. The van der Waals surface area contributed by atoms with Crippen molar-refractivity contribution in [3.05, 3.63) is 74.9 Å². The average Bonchev–Trinajstić information content (AvgIpc) is 3.15. The summed E-state index contributed by atoms with van der Waals surface area (Å²) in [5, 5.41) is 14.0. The Hall–Kier alpha value is -2.84. The second kappa shape index (κ2) is 6.65. The first kappa shape index (κ1) is 18.5. The summed E-state index contributed by atoms with van der Waals surface area (Å²) < 4.78 is 0. The number of anilines is 1. The van der Waals surface area contributed by atoms with E-state index in [1.54, 1.807) is 11.3 Å². The summed E-state index contributed by atoms with van der Waals surface area (Å²) in [5.74, 6) is 0.156. The number of Topliss-reactive ketones (excluding diaryl/α,β-unsaturated/α-hetero) is 1. The predicted octanol–water partition coefficient (Wildman–Crippen LogP) is 5.00. The second-order valence-corrected chi connectivity index (χ2v) is 9.15. The fraction of sp³-hybridized carbons (Fsp3) is 0.304. The first-order chi connectivity index (χ1) is 13.3. The van der Waals surface area contributed by atoms with Gasteiger partial charge in [-0.2, -0.15) is 16.6 Å². The number of carbonyl (C=O) groups excluding carboxylic acids is 1. The lowest BCUT2D eigenvalue weighted by Gasteiger charge is -2.43. The molecule has 4 nitrogen and oxygen atoms in total. The van der Waals surface area contributed by atoms with Crippen LogP contribution in [-0.2, 0) is 4.79 Å². The van der Waals surface area contributed by atoms with E-state index >= 15 is 0 Å². The van der Waals surface area contributed by atoms with Gasteiger partial charge in [-0.05, 0) is 53.3 Å². The van der Waals surface area contributed by atoms with Crippen LogP contribution >= 0.6 is 11.3 Å². The molecule has 2 aromatic rings. The SMILES string of the molecule is Cc1ccc(N2C(N)=C(C#N)[C@H](c3ccsc3)C3=C2CC(C)(C)CC3=O)cc1. The van der Waals surface area contributed by atoms with E-state index in [1.165, 1.54) is 0 Å². The summed E-state index contributed by atoms with van der Waals surface area (Å²) in [6.45, 7) is 6.26. The number of hydrogen-bond acceptors (Lipinski definition) is 5. The molecule has 0 bridgehead atoms. The lowest BCUT2D eigenvalue weighted by Crippen LogP contribution is -2.42. The standard InChI is InChI=1S/C23H23N3OS/c1-14-4-6-16(7-5-14)26-18-10-23(2,3)11-19(27)21(18)20(15-8-9-28-13-15)17(12-24)22(26)25/h4-9,13,20H,10-11,25H2,1-3H3/t20-/m0/s1. The number of rotatable bonds is 2. The van der Waals surface area contributed by atoms with Gasteiger partial charge in [-0.25, -0.2) is 0 Å². The van der Waals surface area contributed by atoms with Gasteiger partial charge in [0.2, 0.25) is 0 Å². The Labute approximate surface area is 169 Å². The molecule has 1 aromatic carbocycles. The molecule has 0 amide bonds. The van der Waals surface area contributed by atoms with Crippen molar-refractivity contribution in [2.45, 2.75) is 39.5 Å². The van der Waals surface area contributed by atoms with Crippen LogP contribution in [0.3, 0.4) is 0 Å². The smallest absolute Gasteiger partial charge is 0.162 e. The third-order valence-electron chi connectivity index (χ3n) is 5.55. The lowest BCUT2D eigenvalue weighted by atomic mass is 9.69. The molecule has 0 saturated heterocycles. The van der Waals surface area contributed by atoms with E-state index in [9.17, 15) is 10.1 Å². The zero-order chi connectivity index (χ0) is 20.1. The van der Waals surface area contributed by atoms with E-state index in [1.807, 2.05) is 52.9 Å². The zero-order valence-corrected chi connectivity index (χ0v) is 17.1. The summed E-state index contributed by atoms with van der Waals surface area (Å²) in [7, 11) is 0. The van der Waals surface area contributed by atoms with Gasteiger partial charge in [0.25, 0.3) is 0 Å². The molecule has 1 atom stereocenters. The minimum atomic E-state index is -0.378. The molecule has 1 aromatic heterocycles. The highest BCUT2D eigenvalue weighted by Gasteiger charge is 2.44. The first-order valence-corrected chi connectivity index (χ1v) is 10.3. The largest absolute Gasteiger partial charge is 0.384 e. The third kappa shape index (κ3) is 2.94. The second-order valence-electron chi connectivity index (χ2n) is 8.37. The molecule has 28 heavy (non-hydrogen) atoms. The van der Waals surface area contributed by atoms with Crippen molar-refractivity contribution in [3.8, 4) is 6.07 Å². The number of aryl methyl sites for hydroxylation is 1. The lowest BCUT2D eigenvalue weighted by molar-refractivity contribution is -0.118. The Balaban J connectivity index is 1.99. The summed E-state index contributed by atoms with van der Waals surface area (Å²) in [5.41, 5.74) is 11.5. The van der Waals surface area contributed by atoms with Crippen LogP contribution in [0.4, 0.5) is 5.69 Å². The van der Waals surface area contributed by atoms with Crippen molar-refractivity contribution in [2.24, 2.45) is 11.1 Å². The molecule has 0 radical (unpaired) electrons. The van der Waals surface area contributed by atoms with Crippen LogP contribution < -0.4 is 10.6 Å². The molecule has 5 heteroatoms. The number of allylic oxidation sites excluding steroid dienone is 3. The Morgan fingerprint density at radius 3 is 2.54 bits per heavy atom. The van der Waals surface area contributed by atoms with E-state index in [2.05, 4.69) is 19.9 Å². The molecule has 2 aliphatic rings. The Morgan fingerprint density at radius 1 is 1.21 bits per heavy atom. The van der Waals surface area contributed by atoms with Gasteiger partial charge in [-0.3, -0.25) is 9.69 Å². The number of thiophene rings is 1. The van der Waals surface area contributed by atoms with Crippen LogP contribution in [0.2, 0.25) is 0 Å². The van der Waals surface area contributed by atoms with Gasteiger partial charge in [-0.1, -0.05) is 31.5 Å². The number of nitriles is 1. The van der Waals surface area contributed by atoms with E-state index in [0.717, 1.165) is 34.5 Å². The Kier molecular flexibility index (Phi) is 4.40. The molecule has 1 aliphatic heterocycles. The maximum atomic E-state index is 13.3. The van der Waals surface area contributed by atoms with Crippen LogP contribution in [0, 0.1) is 23.7 Å². The average molecular weight is 390 g/mol. The highest BCUT2D eigenvalue weighted by atomic mass is 32.1. The molecule has 0 fully saturated rings. The third-order valence-corrected chi connectivity index (χ3v) is 6.25. The molecule has 4 rings (SSSR count). The predicted molar refractivity (Wildman–Crippen MR) is 113 cm³/mol. The number of ketones is 1. The molecule has 0 spiro atoms. The highest BCUT2D eigenvalue weighted by Crippen LogP contribution is 2.50. The van der Waals surface area contributed by atoms with E-state index in [0.29, 0.717) is 17.8 Å². The minimum absolute atomic E-state index is 0.111. The van der Waals surface area contributed by atoms with Crippen molar-refractivity contribution in [1.29, 1.82) is 5.26 Å². The topological polar surface area (TPSA) is 70.1 Å². The summed E-state index contributed by atoms with van der Waals surface area (Å²) in [6, 6.07) is 12.3. The van der Waals surface area contributed by atoms with Crippen LogP contribution in [0.25, 0.3) is 0 Å². The summed E-state index contributed by atoms with van der Waals surface area (Å²) in [4.78, 5) is 15.2. The number of hydrogen-bond donors (Lipinski definition) is 1. The van der Waals surface area contributed by atoms with Crippen molar-refractivity contribution in [2.75, 3.05) is 4.90 Å². The Morgan fingerprint density at radius 2 is 1.93 bits per heavy atom. The van der Waals surface area contributed by atoms with Gasteiger partial charge in [0.1, 0.15) is 5.82 Å². The van der Waals surface area contributed by atoms with Gasteiger partial charge < -0.3 is 5.73 Å². The number of nitrogens with two attached hydrogens (primary N) is 1. The maximum Gasteiger partial charge on any atom is 0.162 e. The summed E-state index contributed by atoms with van der Waals surface area (Å²) >= 11 is 1.57. The van der Waals surface area contributed by atoms with Crippen LogP contribution in [0.1, 0.15) is 43.7 Å². The Bertz CT molecular complexity index is 1040. The van der Waals surface area contributed by atoms with E-state index in [-0.39, 0.29) is 17.1 Å². The van der Waals surface area contributed by atoms with E-state index in [4.69, 9.17) is 5.73 Å². The molecule has 1 aliphatic carbocycles. The number of benzene rings is 1. The molecule has 0 saturated carbocycles. The highest BCUT2D eigenvalue weighted by molar-refractivity contribution is 7.08. The van der Waals surface area contributed by atoms with Crippen molar-refractivity contribution < 1.29 is 4.79 Å². The molecule has 142 valence electrons. The van der Waals surface area contributed by atoms with Crippen LogP contribution in [0.15, 0.2) is 63.8 Å². The van der Waals surface area contributed by atoms with E-state index < -0.39 is 0 Å². The van der Waals surface area contributed by atoms with Gasteiger partial charge in [0.05, 0.1) is 17.6 Å². The number of carbonyl (C=O) groups is 1. The normalized spacial score (nSPS) is 21.6. The molecule has 0 unspecified atom stereocenters. The van der Waals surface area contributed by atoms with Gasteiger partial charge >= 0.3 is 0 Å². The van der Waals surface area contributed by atoms with Gasteiger partial charge in [-0.15, -0.1) is 0 Å². The molecular weight excluding hydrogens is 366 g/mol. The molecule has 2 heterocycles. The fourth-order valence-corrected chi connectivity index (χ4v) is 4.96. The molecule has 2 N–H and O–H groups in total. The van der Waals surface area contributed by atoms with Gasteiger partial charge in [0, 0.05) is 23.4 Å². The maximum absolute atomic E-state index is 13.3. The van der Waals surface area contributed by atoms with Crippen LogP contribution in [0.5, 0.6) is 0 Å². The van der Waals surface area contributed by atoms with Gasteiger partial charge in [0.15, 0.2) is 5.78 Å². The minimum Gasteiger partial charge on any atom is -0.384 e. The van der Waals surface area contributed by atoms with Crippen molar-refractivity contribution >= 4 is 22.8 Å². The van der Waals surface area contributed by atoms with Crippen molar-refractivity contribution in [1.82, 2.24) is 0 Å². The zero-order valence-electron chi connectivity index (χ0n) is 16.3. The monoisotopic (exact) mass is 389 g/mol. The fourth-order valence-electron chi connectivity index (χ4n) is 4.27. The van der Waals surface area contributed by atoms with Crippen LogP contribution in [-0.4, -0.2) is 5.78 Å². The van der Waals surface area contributed by atoms with Crippen molar-refractivity contribution in [3.63, 3.8) is 0 Å². The summed E-state index contributed by atoms with van der Waals surface area (Å²) in [6.07, 6.45) is 1.22. The number of nitrogens with zero attached hydrogens (tertiary/aromatic N) is 2. The quantitative estimate of drug-likeness (QED) is 0.785.